The normalized spacial score (nSPS) is 20.1. The molecule has 214 valence electrons. The molecule has 8 heteroatoms. The third-order valence-corrected chi connectivity index (χ3v) is 9.10. The van der Waals surface area contributed by atoms with Crippen molar-refractivity contribution in [2.24, 2.45) is 0 Å². The number of benzene rings is 4. The molecule has 2 atom stereocenters. The first kappa shape index (κ1) is 25.3. The van der Waals surface area contributed by atoms with E-state index in [4.69, 9.17) is 18.9 Å². The molecule has 2 unspecified atom stereocenters. The van der Waals surface area contributed by atoms with Crippen LogP contribution in [-0.2, 0) is 25.7 Å². The van der Waals surface area contributed by atoms with Crippen LogP contribution < -0.4 is 24.3 Å². The molecule has 0 saturated carbocycles. The summed E-state index contributed by atoms with van der Waals surface area (Å²) in [6.07, 6.45) is 2.92. The molecule has 3 N–H and O–H groups in total. The van der Waals surface area contributed by atoms with E-state index >= 15 is 0 Å². The molecular weight excluding hydrogens is 532 g/mol. The molecule has 0 amide bonds. The molecule has 5 heterocycles. The molecule has 7 bridgehead atoms. The van der Waals surface area contributed by atoms with Gasteiger partial charge in [-0.2, -0.15) is 0 Å². The van der Waals surface area contributed by atoms with Crippen molar-refractivity contribution in [1.29, 1.82) is 0 Å². The maximum absolute atomic E-state index is 11.4. The number of likely N-dealkylation sites (N-methyl/N-ethyl adjacent to an activating group) is 1. The van der Waals surface area contributed by atoms with Crippen LogP contribution >= 0.6 is 0 Å². The smallest absolute Gasteiger partial charge is 0.216 e. The highest BCUT2D eigenvalue weighted by Gasteiger charge is 2.39. The van der Waals surface area contributed by atoms with Crippen LogP contribution in [-0.4, -0.2) is 42.4 Å². The predicted octanol–water partition coefficient (Wildman–Crippen LogP) is 6.31. The van der Waals surface area contributed by atoms with Crippen molar-refractivity contribution in [1.82, 2.24) is 10.2 Å². The molecule has 4 aromatic rings. The minimum absolute atomic E-state index is 0.0433. The highest BCUT2D eigenvalue weighted by Crippen LogP contribution is 2.59. The Kier molecular flexibility index (Phi) is 5.77. The molecule has 5 aliphatic rings. The average molecular weight is 565 g/mol. The highest BCUT2D eigenvalue weighted by molar-refractivity contribution is 5.72. The van der Waals surface area contributed by atoms with Gasteiger partial charge >= 0.3 is 0 Å². The van der Waals surface area contributed by atoms with Crippen LogP contribution in [0.2, 0.25) is 0 Å². The van der Waals surface area contributed by atoms with Crippen LogP contribution in [0.5, 0.6) is 51.7 Å². The van der Waals surface area contributed by atoms with Crippen LogP contribution in [0.15, 0.2) is 54.6 Å². The van der Waals surface area contributed by atoms with E-state index in [9.17, 15) is 10.2 Å². The van der Waals surface area contributed by atoms with Crippen LogP contribution in [0.1, 0.15) is 45.5 Å². The summed E-state index contributed by atoms with van der Waals surface area (Å²) in [6.45, 7) is 1.61. The first-order valence-electron chi connectivity index (χ1n) is 14.5. The number of ether oxygens (including phenoxy) is 4. The summed E-state index contributed by atoms with van der Waals surface area (Å²) in [5.74, 6) is 3.90. The van der Waals surface area contributed by atoms with E-state index < -0.39 is 0 Å². The van der Waals surface area contributed by atoms with Crippen molar-refractivity contribution >= 4 is 0 Å². The third-order valence-electron chi connectivity index (χ3n) is 9.10. The van der Waals surface area contributed by atoms with E-state index in [0.717, 1.165) is 47.3 Å². The Morgan fingerprint density at radius 3 is 2.48 bits per heavy atom. The number of nitrogens with zero attached hydrogens (tertiary/aromatic N) is 1. The predicted molar refractivity (Wildman–Crippen MR) is 157 cm³/mol. The van der Waals surface area contributed by atoms with E-state index in [1.807, 2.05) is 36.4 Å². The monoisotopic (exact) mass is 564 g/mol. The van der Waals surface area contributed by atoms with Gasteiger partial charge in [0.2, 0.25) is 11.5 Å². The fourth-order valence-corrected chi connectivity index (χ4v) is 6.90. The van der Waals surface area contributed by atoms with Crippen molar-refractivity contribution in [2.45, 2.75) is 37.8 Å². The van der Waals surface area contributed by atoms with Gasteiger partial charge in [0.15, 0.2) is 34.5 Å². The van der Waals surface area contributed by atoms with E-state index in [-0.39, 0.29) is 23.6 Å². The van der Waals surface area contributed by atoms with E-state index in [1.165, 1.54) is 5.56 Å². The lowest BCUT2D eigenvalue weighted by Crippen LogP contribution is -2.34. The minimum Gasteiger partial charge on any atom is -0.504 e. The van der Waals surface area contributed by atoms with Gasteiger partial charge in [-0.15, -0.1) is 0 Å². The van der Waals surface area contributed by atoms with Gasteiger partial charge < -0.3 is 34.5 Å². The van der Waals surface area contributed by atoms with Crippen LogP contribution in [0.3, 0.4) is 0 Å². The zero-order valence-corrected chi connectivity index (χ0v) is 23.6. The summed E-state index contributed by atoms with van der Waals surface area (Å²) >= 11 is 0. The van der Waals surface area contributed by atoms with Crippen LogP contribution in [0.4, 0.5) is 0 Å². The molecule has 0 aliphatic carbocycles. The maximum Gasteiger partial charge on any atom is 0.216 e. The SMILES string of the molecule is COc1c(O)c2c3c4c1Oc1cc5c(cc1O4)C(Cc1ccc(O)c(c1)Oc1ccc(cc1)CC3N(C)CC2)NCC5. The summed E-state index contributed by atoms with van der Waals surface area (Å²) < 4.78 is 25.2. The van der Waals surface area contributed by atoms with Crippen molar-refractivity contribution in [3.8, 4) is 51.7 Å². The number of rotatable bonds is 1. The quantitative estimate of drug-likeness (QED) is 0.218. The minimum atomic E-state index is -0.0668. The molecule has 0 fully saturated rings. The molecule has 0 saturated heterocycles. The summed E-state index contributed by atoms with van der Waals surface area (Å²) in [5.41, 5.74) is 6.26. The lowest BCUT2D eigenvalue weighted by molar-refractivity contribution is 0.215. The number of methoxy groups -OCH3 is 1. The second kappa shape index (κ2) is 9.58. The van der Waals surface area contributed by atoms with Crippen molar-refractivity contribution < 1.29 is 29.2 Å². The number of hydrogen-bond acceptors (Lipinski definition) is 8. The summed E-state index contributed by atoms with van der Waals surface area (Å²) in [6, 6.07) is 17.6. The van der Waals surface area contributed by atoms with Crippen LogP contribution in [0, 0.1) is 0 Å². The molecule has 0 spiro atoms. The Morgan fingerprint density at radius 2 is 1.64 bits per heavy atom. The summed E-state index contributed by atoms with van der Waals surface area (Å²) in [7, 11) is 3.66. The Labute approximate surface area is 244 Å². The summed E-state index contributed by atoms with van der Waals surface area (Å²) in [5, 5.41) is 25.7. The Morgan fingerprint density at radius 1 is 0.857 bits per heavy atom. The molecular formula is C34H32N2O6. The number of phenols is 2. The first-order valence-corrected chi connectivity index (χ1v) is 14.5. The van der Waals surface area contributed by atoms with Gasteiger partial charge in [0.1, 0.15) is 5.75 Å². The largest absolute Gasteiger partial charge is 0.504 e. The number of fused-ring (bicyclic) bond motifs is 2. The van der Waals surface area contributed by atoms with Crippen molar-refractivity contribution in [3.05, 3.63) is 88.0 Å². The number of nitrogens with one attached hydrogen (secondary N) is 1. The Balaban J connectivity index is 1.34. The fourth-order valence-electron chi connectivity index (χ4n) is 6.90. The Bertz CT molecular complexity index is 1730. The molecule has 5 aliphatic heterocycles. The van der Waals surface area contributed by atoms with Gasteiger partial charge in [-0.05, 0) is 97.9 Å². The second-order valence-corrected chi connectivity index (χ2v) is 11.6. The van der Waals surface area contributed by atoms with Crippen molar-refractivity contribution in [2.75, 3.05) is 27.2 Å². The lowest BCUT2D eigenvalue weighted by atomic mass is 9.86. The van der Waals surface area contributed by atoms with Gasteiger partial charge in [0, 0.05) is 29.8 Å². The van der Waals surface area contributed by atoms with E-state index in [0.29, 0.717) is 59.5 Å². The number of phenolic OH excluding ortho intramolecular Hbond substituents is 2. The second-order valence-electron chi connectivity index (χ2n) is 11.6. The average Bonchev–Trinajstić information content (AvgIpc) is 2.99. The summed E-state index contributed by atoms with van der Waals surface area (Å²) in [4.78, 5) is 2.30. The van der Waals surface area contributed by atoms with Crippen molar-refractivity contribution in [3.63, 3.8) is 0 Å². The van der Waals surface area contributed by atoms with Gasteiger partial charge in [0.25, 0.3) is 0 Å². The zero-order chi connectivity index (χ0) is 28.5. The highest BCUT2D eigenvalue weighted by atomic mass is 16.6. The molecule has 9 rings (SSSR count). The Hall–Kier alpha value is -4.40. The number of aromatic hydroxyl groups is 2. The van der Waals surface area contributed by atoms with Gasteiger partial charge in [-0.25, -0.2) is 0 Å². The molecule has 8 nitrogen and oxygen atoms in total. The molecule has 42 heavy (non-hydrogen) atoms. The lowest BCUT2D eigenvalue weighted by Gasteiger charge is -2.38. The fraction of sp³-hybridized carbons (Fsp3) is 0.294. The first-order chi connectivity index (χ1) is 20.5. The standard InChI is InChI=1S/C34H32N2O6/c1-36-12-10-22-30-25(36)14-18-3-6-21(7-4-18)40-27-15-19(5-8-26(27)37)13-24-23-17-29-28(16-20(23)9-11-35-24)42-34(32(30)41-29)33(39-2)31(22)38/h3-8,15-17,24-25,35,37-38H,9-14H2,1-2H3. The van der Waals surface area contributed by atoms with E-state index in [2.05, 4.69) is 29.4 Å². The van der Waals surface area contributed by atoms with Gasteiger partial charge in [-0.1, -0.05) is 18.2 Å². The van der Waals surface area contributed by atoms with Crippen LogP contribution in [0.25, 0.3) is 0 Å². The number of hydrogen-bond donors (Lipinski definition) is 3. The molecule has 0 radical (unpaired) electrons. The topological polar surface area (TPSA) is 92.7 Å². The van der Waals surface area contributed by atoms with Gasteiger partial charge in [-0.3, -0.25) is 4.90 Å². The van der Waals surface area contributed by atoms with E-state index in [1.54, 1.807) is 13.2 Å². The maximum atomic E-state index is 11.4. The molecule has 4 aromatic carbocycles. The zero-order valence-electron chi connectivity index (χ0n) is 23.6. The third kappa shape index (κ3) is 3.97. The van der Waals surface area contributed by atoms with Gasteiger partial charge in [0.05, 0.1) is 7.11 Å². The molecule has 0 aromatic heterocycles.